The summed E-state index contributed by atoms with van der Waals surface area (Å²) in [6, 6.07) is 10.8. The van der Waals surface area contributed by atoms with Crippen LogP contribution in [0.5, 0.6) is 0 Å². The van der Waals surface area contributed by atoms with Crippen LogP contribution in [0.25, 0.3) is 11.3 Å². The van der Waals surface area contributed by atoms with Crippen LogP contribution in [0.4, 0.5) is 5.95 Å². The van der Waals surface area contributed by atoms with E-state index in [1.165, 1.54) is 24.0 Å². The third-order valence-electron chi connectivity index (χ3n) is 6.55. The highest BCUT2D eigenvalue weighted by molar-refractivity contribution is 5.61. The van der Waals surface area contributed by atoms with E-state index >= 15 is 0 Å². The number of likely N-dealkylation sites (tertiary alicyclic amines) is 1. The number of piperidine rings is 1. The zero-order chi connectivity index (χ0) is 21.2. The standard InChI is InChI=1S/C25H31N5O/c1-18-6-5-7-20(14-18)17-29-12-8-21(9-13-29)24-22(23-15-19(2)28-31-23)16-26-25(27-24)30-10-3-4-11-30/h5-7,14-16,21H,3-4,8-13,17H2,1-2H3. The molecule has 2 saturated heterocycles. The molecule has 0 bridgehead atoms. The molecule has 0 N–H and O–H groups in total. The Kier molecular flexibility index (Phi) is 5.72. The summed E-state index contributed by atoms with van der Waals surface area (Å²) in [4.78, 5) is 14.7. The van der Waals surface area contributed by atoms with Crippen molar-refractivity contribution in [2.75, 3.05) is 31.1 Å². The van der Waals surface area contributed by atoms with Gasteiger partial charge in [-0.2, -0.15) is 0 Å². The van der Waals surface area contributed by atoms with Gasteiger partial charge in [0.1, 0.15) is 0 Å². The molecule has 0 aliphatic carbocycles. The summed E-state index contributed by atoms with van der Waals surface area (Å²) in [5.74, 6) is 2.07. The van der Waals surface area contributed by atoms with E-state index in [1.54, 1.807) is 0 Å². The molecule has 6 heteroatoms. The number of rotatable bonds is 5. The van der Waals surface area contributed by atoms with Crippen LogP contribution in [0.3, 0.4) is 0 Å². The third kappa shape index (κ3) is 4.49. The highest BCUT2D eigenvalue weighted by Gasteiger charge is 2.27. The topological polar surface area (TPSA) is 58.3 Å². The molecule has 4 heterocycles. The third-order valence-corrected chi connectivity index (χ3v) is 6.55. The lowest BCUT2D eigenvalue weighted by molar-refractivity contribution is 0.203. The first kappa shape index (κ1) is 20.2. The normalized spacial score (nSPS) is 18.1. The second-order valence-corrected chi connectivity index (χ2v) is 9.04. The monoisotopic (exact) mass is 417 g/mol. The van der Waals surface area contributed by atoms with Gasteiger partial charge in [-0.15, -0.1) is 0 Å². The number of nitrogens with zero attached hydrogens (tertiary/aromatic N) is 5. The van der Waals surface area contributed by atoms with E-state index in [0.29, 0.717) is 5.92 Å². The van der Waals surface area contributed by atoms with E-state index in [0.717, 1.165) is 74.2 Å². The highest BCUT2D eigenvalue weighted by Crippen LogP contribution is 2.35. The first-order valence-electron chi connectivity index (χ1n) is 11.5. The number of hydrogen-bond donors (Lipinski definition) is 0. The van der Waals surface area contributed by atoms with Crippen LogP contribution >= 0.6 is 0 Å². The van der Waals surface area contributed by atoms with Crippen molar-refractivity contribution in [1.29, 1.82) is 0 Å². The summed E-state index contributed by atoms with van der Waals surface area (Å²) >= 11 is 0. The number of hydrogen-bond acceptors (Lipinski definition) is 6. The van der Waals surface area contributed by atoms with Gasteiger partial charge in [-0.25, -0.2) is 9.97 Å². The Labute approximate surface area is 184 Å². The zero-order valence-electron chi connectivity index (χ0n) is 18.5. The van der Waals surface area contributed by atoms with Crippen molar-refractivity contribution in [1.82, 2.24) is 20.0 Å². The van der Waals surface area contributed by atoms with Gasteiger partial charge in [0.05, 0.1) is 17.0 Å². The van der Waals surface area contributed by atoms with Crippen LogP contribution in [0.1, 0.15) is 54.1 Å². The van der Waals surface area contributed by atoms with Gasteiger partial charge in [0, 0.05) is 37.8 Å². The molecular weight excluding hydrogens is 386 g/mol. The number of anilines is 1. The van der Waals surface area contributed by atoms with Gasteiger partial charge >= 0.3 is 0 Å². The molecule has 6 nitrogen and oxygen atoms in total. The fraction of sp³-hybridized carbons (Fsp3) is 0.480. The molecule has 5 rings (SSSR count). The molecule has 0 atom stereocenters. The first-order valence-corrected chi connectivity index (χ1v) is 11.5. The maximum absolute atomic E-state index is 5.60. The molecule has 0 spiro atoms. The van der Waals surface area contributed by atoms with Gasteiger partial charge < -0.3 is 9.42 Å². The van der Waals surface area contributed by atoms with E-state index in [4.69, 9.17) is 14.5 Å². The van der Waals surface area contributed by atoms with Gasteiger partial charge in [0.25, 0.3) is 0 Å². The minimum absolute atomic E-state index is 0.415. The summed E-state index contributed by atoms with van der Waals surface area (Å²) < 4.78 is 5.60. The zero-order valence-corrected chi connectivity index (χ0v) is 18.5. The van der Waals surface area contributed by atoms with Gasteiger partial charge in [-0.1, -0.05) is 35.0 Å². The van der Waals surface area contributed by atoms with Gasteiger partial charge in [0.2, 0.25) is 5.95 Å². The number of aryl methyl sites for hydroxylation is 2. The Morgan fingerprint density at radius 3 is 2.55 bits per heavy atom. The van der Waals surface area contributed by atoms with E-state index in [2.05, 4.69) is 46.1 Å². The second kappa shape index (κ2) is 8.79. The number of aromatic nitrogens is 3. The summed E-state index contributed by atoms with van der Waals surface area (Å²) in [7, 11) is 0. The largest absolute Gasteiger partial charge is 0.356 e. The summed E-state index contributed by atoms with van der Waals surface area (Å²) in [6.45, 7) is 9.40. The molecule has 2 aliphatic rings. The number of benzene rings is 1. The summed E-state index contributed by atoms with van der Waals surface area (Å²) in [6.07, 6.45) is 6.60. The van der Waals surface area contributed by atoms with Crippen molar-refractivity contribution in [2.45, 2.75) is 52.0 Å². The van der Waals surface area contributed by atoms with E-state index in [9.17, 15) is 0 Å². The van der Waals surface area contributed by atoms with Gasteiger partial charge in [0.15, 0.2) is 5.76 Å². The van der Waals surface area contributed by atoms with Crippen LogP contribution in [-0.4, -0.2) is 46.2 Å². The van der Waals surface area contributed by atoms with E-state index in [1.807, 2.05) is 19.2 Å². The minimum Gasteiger partial charge on any atom is -0.356 e. The van der Waals surface area contributed by atoms with Crippen LogP contribution in [0.15, 0.2) is 41.1 Å². The van der Waals surface area contributed by atoms with Crippen molar-refractivity contribution in [3.8, 4) is 11.3 Å². The molecule has 3 aromatic rings. The van der Waals surface area contributed by atoms with Crippen LogP contribution in [0.2, 0.25) is 0 Å². The maximum Gasteiger partial charge on any atom is 0.225 e. The molecule has 1 aromatic carbocycles. The highest BCUT2D eigenvalue weighted by atomic mass is 16.5. The minimum atomic E-state index is 0.415. The van der Waals surface area contributed by atoms with Crippen LogP contribution in [0, 0.1) is 13.8 Å². The van der Waals surface area contributed by atoms with E-state index < -0.39 is 0 Å². The molecule has 0 radical (unpaired) electrons. The Bertz CT molecular complexity index is 1030. The van der Waals surface area contributed by atoms with Crippen LogP contribution < -0.4 is 4.90 Å². The Morgan fingerprint density at radius 2 is 1.84 bits per heavy atom. The Balaban J connectivity index is 1.36. The lowest BCUT2D eigenvalue weighted by Crippen LogP contribution is -2.33. The quantitative estimate of drug-likeness (QED) is 0.598. The average molecular weight is 418 g/mol. The van der Waals surface area contributed by atoms with Crippen molar-refractivity contribution in [2.24, 2.45) is 0 Å². The first-order chi connectivity index (χ1) is 15.2. The molecule has 2 aromatic heterocycles. The van der Waals surface area contributed by atoms with Gasteiger partial charge in [-0.05, 0) is 58.2 Å². The van der Waals surface area contributed by atoms with Crippen molar-refractivity contribution < 1.29 is 4.52 Å². The summed E-state index contributed by atoms with van der Waals surface area (Å²) in [5.41, 5.74) is 5.74. The smallest absolute Gasteiger partial charge is 0.225 e. The molecule has 2 aliphatic heterocycles. The SMILES string of the molecule is Cc1cccc(CN2CCC(c3nc(N4CCCC4)ncc3-c3cc(C)no3)CC2)c1. The Hall–Kier alpha value is -2.73. The fourth-order valence-electron chi connectivity index (χ4n) is 4.88. The van der Waals surface area contributed by atoms with Crippen molar-refractivity contribution in [3.63, 3.8) is 0 Å². The lowest BCUT2D eigenvalue weighted by atomic mass is 9.90. The van der Waals surface area contributed by atoms with E-state index in [-0.39, 0.29) is 0 Å². The predicted molar refractivity (Wildman–Crippen MR) is 122 cm³/mol. The summed E-state index contributed by atoms with van der Waals surface area (Å²) in [5, 5.41) is 4.10. The molecule has 2 fully saturated rings. The average Bonchev–Trinajstić information content (AvgIpc) is 3.46. The molecule has 31 heavy (non-hydrogen) atoms. The van der Waals surface area contributed by atoms with Crippen LogP contribution in [-0.2, 0) is 6.54 Å². The second-order valence-electron chi connectivity index (χ2n) is 9.04. The van der Waals surface area contributed by atoms with Crippen molar-refractivity contribution >= 4 is 5.95 Å². The maximum atomic E-state index is 5.60. The molecule has 0 unspecified atom stereocenters. The molecule has 0 amide bonds. The van der Waals surface area contributed by atoms with Crippen molar-refractivity contribution in [3.05, 3.63) is 59.0 Å². The Morgan fingerprint density at radius 1 is 1.03 bits per heavy atom. The fourth-order valence-corrected chi connectivity index (χ4v) is 4.88. The lowest BCUT2D eigenvalue weighted by Gasteiger charge is -2.32. The van der Waals surface area contributed by atoms with Gasteiger partial charge in [-0.3, -0.25) is 4.90 Å². The predicted octanol–water partition coefficient (Wildman–Crippen LogP) is 4.73. The molecule has 0 saturated carbocycles. The molecular formula is C25H31N5O. The molecule has 162 valence electrons.